The molecule has 2 heterocycles. The third-order valence-electron chi connectivity index (χ3n) is 5.04. The van der Waals surface area contributed by atoms with Crippen LogP contribution >= 0.6 is 0 Å². The van der Waals surface area contributed by atoms with E-state index in [9.17, 15) is 9.59 Å². The van der Waals surface area contributed by atoms with Crippen LogP contribution in [0.4, 0.5) is 0 Å². The molecule has 2 aromatic carbocycles. The van der Waals surface area contributed by atoms with E-state index in [1.807, 2.05) is 37.3 Å². The van der Waals surface area contributed by atoms with Crippen molar-refractivity contribution in [2.24, 2.45) is 5.10 Å². The maximum absolute atomic E-state index is 12.9. The van der Waals surface area contributed by atoms with E-state index < -0.39 is 24.5 Å². The van der Waals surface area contributed by atoms with Crippen LogP contribution < -0.4 is 4.74 Å². The second-order valence-corrected chi connectivity index (χ2v) is 7.19. The maximum atomic E-state index is 12.9. The minimum atomic E-state index is -0.551. The maximum Gasteiger partial charge on any atom is 0.338 e. The molecule has 3 aromatic rings. The predicted octanol–water partition coefficient (Wildman–Crippen LogP) is 4.13. The highest BCUT2D eigenvalue weighted by Gasteiger charge is 2.35. The van der Waals surface area contributed by atoms with Crippen molar-refractivity contribution < 1.29 is 23.5 Å². The fourth-order valence-corrected chi connectivity index (χ4v) is 3.45. The van der Waals surface area contributed by atoms with Crippen LogP contribution in [0.5, 0.6) is 5.75 Å². The molecule has 0 N–H and O–H groups in total. The molecular formula is C24H22N2O5. The fraction of sp³-hybridized carbons (Fsp3) is 0.208. The number of hydrazone groups is 1. The fourth-order valence-electron chi connectivity index (χ4n) is 3.45. The van der Waals surface area contributed by atoms with Crippen molar-refractivity contribution in [1.29, 1.82) is 0 Å². The summed E-state index contributed by atoms with van der Waals surface area (Å²) in [6, 6.07) is 17.7. The average Bonchev–Trinajstić information content (AvgIpc) is 3.47. The molecule has 4 rings (SSSR count). The Hall–Kier alpha value is -3.87. The van der Waals surface area contributed by atoms with Gasteiger partial charge in [0, 0.05) is 6.42 Å². The van der Waals surface area contributed by atoms with Crippen molar-refractivity contribution in [1.82, 2.24) is 5.01 Å². The molecule has 7 nitrogen and oxygen atoms in total. The SMILES string of the molecule is COc1ccc(C2=NN(C(=O)COC(=O)c3cccc(C)c3)[C@H](c3ccco3)C2)cc1. The lowest BCUT2D eigenvalue weighted by molar-refractivity contribution is -0.136. The number of methoxy groups -OCH3 is 1. The summed E-state index contributed by atoms with van der Waals surface area (Å²) in [5, 5.41) is 5.86. The molecule has 31 heavy (non-hydrogen) atoms. The Kier molecular flexibility index (Phi) is 5.84. The van der Waals surface area contributed by atoms with E-state index in [0.29, 0.717) is 17.7 Å². The van der Waals surface area contributed by atoms with Gasteiger partial charge in [-0.15, -0.1) is 0 Å². The Morgan fingerprint density at radius 2 is 1.94 bits per heavy atom. The summed E-state index contributed by atoms with van der Waals surface area (Å²) in [5.41, 5.74) is 2.96. The van der Waals surface area contributed by atoms with Gasteiger partial charge in [-0.05, 0) is 61.0 Å². The molecule has 0 saturated carbocycles. The third kappa shape index (κ3) is 4.50. The Morgan fingerprint density at radius 1 is 1.13 bits per heavy atom. The molecule has 0 unspecified atom stereocenters. The Morgan fingerprint density at radius 3 is 2.61 bits per heavy atom. The van der Waals surface area contributed by atoms with Gasteiger partial charge in [-0.1, -0.05) is 17.7 Å². The molecule has 0 fully saturated rings. The smallest absolute Gasteiger partial charge is 0.338 e. The zero-order valence-corrected chi connectivity index (χ0v) is 17.3. The average molecular weight is 418 g/mol. The van der Waals surface area contributed by atoms with Crippen molar-refractivity contribution in [3.8, 4) is 5.75 Å². The zero-order chi connectivity index (χ0) is 21.8. The highest BCUT2D eigenvalue weighted by Crippen LogP contribution is 2.33. The van der Waals surface area contributed by atoms with E-state index in [-0.39, 0.29) is 0 Å². The number of carbonyl (C=O) groups is 2. The Bertz CT molecular complexity index is 1100. The molecule has 7 heteroatoms. The molecule has 0 saturated heterocycles. The van der Waals surface area contributed by atoms with Gasteiger partial charge >= 0.3 is 5.97 Å². The molecule has 1 aromatic heterocycles. The highest BCUT2D eigenvalue weighted by atomic mass is 16.5. The second-order valence-electron chi connectivity index (χ2n) is 7.19. The quantitative estimate of drug-likeness (QED) is 0.562. The van der Waals surface area contributed by atoms with E-state index in [0.717, 1.165) is 22.6 Å². The monoisotopic (exact) mass is 418 g/mol. The number of amides is 1. The summed E-state index contributed by atoms with van der Waals surface area (Å²) >= 11 is 0. The van der Waals surface area contributed by atoms with Crippen molar-refractivity contribution in [2.75, 3.05) is 13.7 Å². The zero-order valence-electron chi connectivity index (χ0n) is 17.3. The van der Waals surface area contributed by atoms with Crippen LogP contribution in [0.15, 0.2) is 76.4 Å². The van der Waals surface area contributed by atoms with E-state index >= 15 is 0 Å². The van der Waals surface area contributed by atoms with Gasteiger partial charge in [-0.2, -0.15) is 5.10 Å². The first-order valence-electron chi connectivity index (χ1n) is 9.86. The van der Waals surface area contributed by atoms with E-state index in [1.54, 1.807) is 43.7 Å². The molecule has 1 aliphatic rings. The first-order valence-corrected chi connectivity index (χ1v) is 9.86. The number of esters is 1. The number of aryl methyl sites for hydroxylation is 1. The van der Waals surface area contributed by atoms with Crippen molar-refractivity contribution in [3.63, 3.8) is 0 Å². The molecule has 1 amide bonds. The first kappa shape index (κ1) is 20.4. The Balaban J connectivity index is 1.51. The molecule has 0 aliphatic carbocycles. The van der Waals surface area contributed by atoms with Crippen LogP contribution in [0.25, 0.3) is 0 Å². The molecule has 0 radical (unpaired) electrons. The minimum absolute atomic E-state index is 0.402. The summed E-state index contributed by atoms with van der Waals surface area (Å²) in [4.78, 5) is 25.2. The van der Waals surface area contributed by atoms with Gasteiger partial charge in [0.05, 0.1) is 24.6 Å². The van der Waals surface area contributed by atoms with Crippen LogP contribution in [-0.4, -0.2) is 36.3 Å². The number of hydrogen-bond donors (Lipinski definition) is 0. The number of carbonyl (C=O) groups excluding carboxylic acids is 2. The van der Waals surface area contributed by atoms with Gasteiger partial charge in [0.1, 0.15) is 17.6 Å². The standard InChI is InChI=1S/C24H22N2O5/c1-16-5-3-6-18(13-16)24(28)31-15-23(27)26-21(22-7-4-12-30-22)14-20(25-26)17-8-10-19(29-2)11-9-17/h3-13,21H,14-15H2,1-2H3/t21-/m0/s1. The van der Waals surface area contributed by atoms with Crippen LogP contribution in [0.1, 0.15) is 39.7 Å². The minimum Gasteiger partial charge on any atom is -0.497 e. The van der Waals surface area contributed by atoms with Crippen molar-refractivity contribution >= 4 is 17.6 Å². The number of furan rings is 1. The van der Waals surface area contributed by atoms with Crippen molar-refractivity contribution in [3.05, 3.63) is 89.4 Å². The molecule has 1 aliphatic heterocycles. The second kappa shape index (κ2) is 8.87. The predicted molar refractivity (Wildman–Crippen MR) is 114 cm³/mol. The first-order chi connectivity index (χ1) is 15.0. The Labute approximate surface area is 179 Å². The van der Waals surface area contributed by atoms with Gasteiger partial charge in [0.2, 0.25) is 0 Å². The molecule has 1 atom stereocenters. The number of benzene rings is 2. The van der Waals surface area contributed by atoms with Crippen LogP contribution in [0, 0.1) is 6.92 Å². The number of nitrogens with zero attached hydrogens (tertiary/aromatic N) is 2. The summed E-state index contributed by atoms with van der Waals surface area (Å²) < 4.78 is 16.0. The van der Waals surface area contributed by atoms with E-state index in [2.05, 4.69) is 5.10 Å². The summed E-state index contributed by atoms with van der Waals surface area (Å²) in [5.74, 6) is 0.377. The molecule has 0 bridgehead atoms. The van der Waals surface area contributed by atoms with Gasteiger partial charge in [-0.25, -0.2) is 9.80 Å². The lowest BCUT2D eigenvalue weighted by Gasteiger charge is -2.19. The summed E-state index contributed by atoms with van der Waals surface area (Å²) in [7, 11) is 1.60. The van der Waals surface area contributed by atoms with Crippen molar-refractivity contribution in [2.45, 2.75) is 19.4 Å². The van der Waals surface area contributed by atoms with Gasteiger partial charge in [-0.3, -0.25) is 4.79 Å². The summed E-state index contributed by atoms with van der Waals surface area (Å²) in [6.45, 7) is 1.47. The molecule has 0 spiro atoms. The van der Waals surface area contributed by atoms with E-state index in [4.69, 9.17) is 13.9 Å². The largest absolute Gasteiger partial charge is 0.497 e. The topological polar surface area (TPSA) is 81.3 Å². The lowest BCUT2D eigenvalue weighted by Crippen LogP contribution is -2.31. The van der Waals surface area contributed by atoms with Crippen LogP contribution in [0.2, 0.25) is 0 Å². The number of ether oxygens (including phenoxy) is 2. The van der Waals surface area contributed by atoms with Gasteiger partial charge in [0.25, 0.3) is 5.91 Å². The third-order valence-corrected chi connectivity index (χ3v) is 5.04. The lowest BCUT2D eigenvalue weighted by atomic mass is 10.0. The van der Waals surface area contributed by atoms with Crippen LogP contribution in [0.3, 0.4) is 0 Å². The number of rotatable bonds is 6. The highest BCUT2D eigenvalue weighted by molar-refractivity contribution is 6.03. The molecule has 158 valence electrons. The van der Waals surface area contributed by atoms with E-state index in [1.165, 1.54) is 5.01 Å². The summed E-state index contributed by atoms with van der Waals surface area (Å²) in [6.07, 6.45) is 2.04. The van der Waals surface area contributed by atoms with Crippen LogP contribution in [-0.2, 0) is 9.53 Å². The molecular weight excluding hydrogens is 396 g/mol. The normalized spacial score (nSPS) is 15.5. The van der Waals surface area contributed by atoms with Gasteiger partial charge in [0.15, 0.2) is 6.61 Å². The number of hydrogen-bond acceptors (Lipinski definition) is 6. The van der Waals surface area contributed by atoms with Gasteiger partial charge < -0.3 is 13.9 Å².